The molecule has 4 nitrogen and oxygen atoms in total. The Hall–Kier alpha value is -1.26. The molecule has 0 spiro atoms. The van der Waals surface area contributed by atoms with Gasteiger partial charge < -0.3 is 19.7 Å². The molecule has 2 aliphatic rings. The number of fused-ring (bicyclic) bond motifs is 1. The zero-order valence-corrected chi connectivity index (χ0v) is 11.4. The average molecular weight is 262 g/mol. The van der Waals surface area contributed by atoms with Crippen molar-refractivity contribution in [2.45, 2.75) is 19.3 Å². The molecule has 1 saturated heterocycles. The molecule has 0 unspecified atom stereocenters. The van der Waals surface area contributed by atoms with Gasteiger partial charge in [0.25, 0.3) is 0 Å². The summed E-state index contributed by atoms with van der Waals surface area (Å²) in [6.45, 7) is 6.26. The molecule has 2 aliphatic heterocycles. The lowest BCUT2D eigenvalue weighted by Gasteiger charge is -2.19. The molecule has 0 aliphatic carbocycles. The highest BCUT2D eigenvalue weighted by molar-refractivity contribution is 5.44. The second-order valence-corrected chi connectivity index (χ2v) is 5.24. The molecule has 1 aromatic rings. The Bertz CT molecular complexity index is 415. The summed E-state index contributed by atoms with van der Waals surface area (Å²) in [4.78, 5) is 2.56. The summed E-state index contributed by atoms with van der Waals surface area (Å²) in [6.07, 6.45) is 3.59. The predicted molar refractivity (Wildman–Crippen MR) is 74.8 cm³/mol. The topological polar surface area (TPSA) is 33.7 Å². The van der Waals surface area contributed by atoms with Gasteiger partial charge in [0, 0.05) is 13.1 Å². The second kappa shape index (κ2) is 6.26. The quantitative estimate of drug-likeness (QED) is 0.894. The molecule has 104 valence electrons. The maximum atomic E-state index is 5.41. The smallest absolute Gasteiger partial charge is 0.231 e. The molecule has 0 aromatic heterocycles. The molecular formula is C15H22N2O2. The van der Waals surface area contributed by atoms with Gasteiger partial charge in [0.1, 0.15) is 0 Å². The van der Waals surface area contributed by atoms with Gasteiger partial charge in [-0.1, -0.05) is 6.07 Å². The Labute approximate surface area is 114 Å². The third kappa shape index (κ3) is 3.39. The first-order chi connectivity index (χ1) is 9.42. The van der Waals surface area contributed by atoms with E-state index in [9.17, 15) is 0 Å². The fourth-order valence-electron chi connectivity index (χ4n) is 2.73. The average Bonchev–Trinajstić information content (AvgIpc) is 2.74. The molecule has 1 N–H and O–H groups in total. The zero-order valence-electron chi connectivity index (χ0n) is 11.4. The van der Waals surface area contributed by atoms with Crippen molar-refractivity contribution < 1.29 is 9.47 Å². The monoisotopic (exact) mass is 262 g/mol. The summed E-state index contributed by atoms with van der Waals surface area (Å²) in [5.41, 5.74) is 1.34. The van der Waals surface area contributed by atoms with Crippen molar-refractivity contribution in [2.75, 3.05) is 39.5 Å². The standard InChI is InChI=1S/C15H22N2O2/c1(8-17-9-2-6-16-7-10-17)3-13-4-5-14-15(11-13)19-12-18-14/h4-5,11,16H,1-3,6-10,12H2. The van der Waals surface area contributed by atoms with Gasteiger partial charge in [-0.05, 0) is 56.6 Å². The van der Waals surface area contributed by atoms with Gasteiger partial charge in [-0.15, -0.1) is 0 Å². The third-order valence-electron chi connectivity index (χ3n) is 3.81. The van der Waals surface area contributed by atoms with Crippen LogP contribution in [0.1, 0.15) is 18.4 Å². The second-order valence-electron chi connectivity index (χ2n) is 5.24. The van der Waals surface area contributed by atoms with Crippen molar-refractivity contribution in [3.05, 3.63) is 23.8 Å². The molecule has 19 heavy (non-hydrogen) atoms. The van der Waals surface area contributed by atoms with E-state index in [1.165, 1.54) is 44.6 Å². The minimum absolute atomic E-state index is 0.361. The van der Waals surface area contributed by atoms with Crippen LogP contribution in [0.3, 0.4) is 0 Å². The predicted octanol–water partition coefficient (Wildman–Crippen LogP) is 1.64. The van der Waals surface area contributed by atoms with E-state index >= 15 is 0 Å². The van der Waals surface area contributed by atoms with Crippen LogP contribution in [0, 0.1) is 0 Å². The van der Waals surface area contributed by atoms with E-state index in [1.807, 2.05) is 6.07 Å². The third-order valence-corrected chi connectivity index (χ3v) is 3.81. The van der Waals surface area contributed by atoms with E-state index in [1.54, 1.807) is 0 Å². The SMILES string of the molecule is c1cc2c(cc1CCCN1CCCNCC1)OCO2. The first kappa shape index (κ1) is 12.8. The maximum absolute atomic E-state index is 5.41. The molecule has 1 fully saturated rings. The Kier molecular flexibility index (Phi) is 4.20. The molecule has 3 rings (SSSR count). The molecule has 1 aromatic carbocycles. The van der Waals surface area contributed by atoms with Crippen molar-refractivity contribution in [3.63, 3.8) is 0 Å². The summed E-state index contributed by atoms with van der Waals surface area (Å²) < 4.78 is 10.7. The molecule has 0 radical (unpaired) electrons. The summed E-state index contributed by atoms with van der Waals surface area (Å²) >= 11 is 0. The largest absolute Gasteiger partial charge is 0.454 e. The van der Waals surface area contributed by atoms with Crippen molar-refractivity contribution >= 4 is 0 Å². The van der Waals surface area contributed by atoms with E-state index in [-0.39, 0.29) is 0 Å². The molecule has 0 amide bonds. The summed E-state index contributed by atoms with van der Waals surface area (Å²) in [5.74, 6) is 1.78. The lowest BCUT2D eigenvalue weighted by molar-refractivity contribution is 0.174. The minimum Gasteiger partial charge on any atom is -0.454 e. The number of hydrogen-bond donors (Lipinski definition) is 1. The van der Waals surface area contributed by atoms with E-state index < -0.39 is 0 Å². The summed E-state index contributed by atoms with van der Waals surface area (Å²) in [5, 5.41) is 3.44. The normalized spacial score (nSPS) is 19.4. The van der Waals surface area contributed by atoms with Crippen molar-refractivity contribution in [3.8, 4) is 11.5 Å². The highest BCUT2D eigenvalue weighted by Gasteiger charge is 2.13. The van der Waals surface area contributed by atoms with Crippen LogP contribution >= 0.6 is 0 Å². The number of hydrogen-bond acceptors (Lipinski definition) is 4. The van der Waals surface area contributed by atoms with Crippen molar-refractivity contribution in [1.82, 2.24) is 10.2 Å². The summed E-state index contributed by atoms with van der Waals surface area (Å²) in [6, 6.07) is 6.29. The highest BCUT2D eigenvalue weighted by Crippen LogP contribution is 2.32. The highest BCUT2D eigenvalue weighted by atomic mass is 16.7. The van der Waals surface area contributed by atoms with E-state index in [0.29, 0.717) is 6.79 Å². The fourth-order valence-corrected chi connectivity index (χ4v) is 2.73. The van der Waals surface area contributed by atoms with Gasteiger partial charge in [-0.2, -0.15) is 0 Å². The number of ether oxygens (including phenoxy) is 2. The number of aryl methyl sites for hydroxylation is 1. The van der Waals surface area contributed by atoms with Gasteiger partial charge in [0.2, 0.25) is 6.79 Å². The van der Waals surface area contributed by atoms with Gasteiger partial charge in [0.05, 0.1) is 0 Å². The molecular weight excluding hydrogens is 240 g/mol. The fraction of sp³-hybridized carbons (Fsp3) is 0.600. The first-order valence-electron chi connectivity index (χ1n) is 7.23. The maximum Gasteiger partial charge on any atom is 0.231 e. The van der Waals surface area contributed by atoms with Gasteiger partial charge in [-0.3, -0.25) is 0 Å². The van der Waals surface area contributed by atoms with Crippen LogP contribution < -0.4 is 14.8 Å². The van der Waals surface area contributed by atoms with Gasteiger partial charge in [0.15, 0.2) is 11.5 Å². The molecule has 4 heteroatoms. The Morgan fingerprint density at radius 1 is 1.11 bits per heavy atom. The number of rotatable bonds is 4. The van der Waals surface area contributed by atoms with Crippen LogP contribution in [0.25, 0.3) is 0 Å². The van der Waals surface area contributed by atoms with E-state index in [2.05, 4.69) is 22.3 Å². The Morgan fingerprint density at radius 2 is 2.05 bits per heavy atom. The lowest BCUT2D eigenvalue weighted by atomic mass is 10.1. The van der Waals surface area contributed by atoms with E-state index in [0.717, 1.165) is 24.5 Å². The van der Waals surface area contributed by atoms with Crippen LogP contribution in [0.5, 0.6) is 11.5 Å². The zero-order chi connectivity index (χ0) is 12.9. The van der Waals surface area contributed by atoms with Crippen LogP contribution in [0.15, 0.2) is 18.2 Å². The molecule has 0 bridgehead atoms. The van der Waals surface area contributed by atoms with Gasteiger partial charge in [-0.25, -0.2) is 0 Å². The van der Waals surface area contributed by atoms with Crippen molar-refractivity contribution in [1.29, 1.82) is 0 Å². The van der Waals surface area contributed by atoms with Crippen LogP contribution in [0.4, 0.5) is 0 Å². The lowest BCUT2D eigenvalue weighted by Crippen LogP contribution is -2.29. The molecule has 0 saturated carbocycles. The molecule has 0 atom stereocenters. The van der Waals surface area contributed by atoms with E-state index in [4.69, 9.17) is 9.47 Å². The van der Waals surface area contributed by atoms with Crippen molar-refractivity contribution in [2.24, 2.45) is 0 Å². The minimum atomic E-state index is 0.361. The Morgan fingerprint density at radius 3 is 3.05 bits per heavy atom. The number of nitrogens with one attached hydrogen (secondary N) is 1. The first-order valence-corrected chi connectivity index (χ1v) is 7.23. The molecule has 2 heterocycles. The van der Waals surface area contributed by atoms with Gasteiger partial charge >= 0.3 is 0 Å². The number of nitrogens with zero attached hydrogens (tertiary/aromatic N) is 1. The number of benzene rings is 1. The summed E-state index contributed by atoms with van der Waals surface area (Å²) in [7, 11) is 0. The van der Waals surface area contributed by atoms with Crippen LogP contribution in [0.2, 0.25) is 0 Å². The Balaban J connectivity index is 1.46. The van der Waals surface area contributed by atoms with Crippen LogP contribution in [-0.4, -0.2) is 44.4 Å². The van der Waals surface area contributed by atoms with Crippen LogP contribution in [-0.2, 0) is 6.42 Å².